The number of thiazole rings is 1. The highest BCUT2D eigenvalue weighted by molar-refractivity contribution is 7.26. The van der Waals surface area contributed by atoms with Crippen LogP contribution >= 0.6 is 11.3 Å². The first-order valence-electron chi connectivity index (χ1n) is 11.5. The number of carbonyl (C=O) groups is 1. The maximum atomic E-state index is 11.9. The minimum absolute atomic E-state index is 0.189. The number of ether oxygens (including phenoxy) is 1. The summed E-state index contributed by atoms with van der Waals surface area (Å²) in [5.41, 5.74) is -1.22. The molecule has 1 saturated carbocycles. The van der Waals surface area contributed by atoms with Gasteiger partial charge in [-0.1, -0.05) is 33.9 Å². The lowest BCUT2D eigenvalue weighted by molar-refractivity contribution is -0.0460. The number of carbonyl (C=O) groups excluding carboxylic acids is 1. The van der Waals surface area contributed by atoms with Crippen molar-refractivity contribution >= 4 is 30.1 Å². The molecule has 0 unspecified atom stereocenters. The molecule has 6 nitrogen and oxygen atoms in total. The fourth-order valence-corrected chi connectivity index (χ4v) is 8.19. The van der Waals surface area contributed by atoms with Crippen LogP contribution in [-0.2, 0) is 10.3 Å². The summed E-state index contributed by atoms with van der Waals surface area (Å²) in [6, 6.07) is 0.669. The standard InChI is InChI=1S/C23H41N3O3SSi/c1-21(2,3)29-19(27)25-16-13-17(14-16)26-11-9-23(28,10-12-26)18-15-24-20(30-18)31(7,8)22(4,5)6/h15-17,28H,9-14H2,1-8H3,(H,25,27). The van der Waals surface area contributed by atoms with Gasteiger partial charge >= 0.3 is 6.09 Å². The fraction of sp³-hybridized carbons (Fsp3) is 0.826. The first-order valence-corrected chi connectivity index (χ1v) is 15.4. The number of piperidine rings is 1. The van der Waals surface area contributed by atoms with Crippen LogP contribution < -0.4 is 9.95 Å². The van der Waals surface area contributed by atoms with Gasteiger partial charge in [-0.3, -0.25) is 9.88 Å². The minimum Gasteiger partial charge on any atom is -0.444 e. The summed E-state index contributed by atoms with van der Waals surface area (Å²) in [7, 11) is -1.68. The second kappa shape index (κ2) is 8.43. The zero-order valence-corrected chi connectivity index (χ0v) is 22.4. The molecule has 0 atom stereocenters. The highest BCUT2D eigenvalue weighted by atomic mass is 32.1. The van der Waals surface area contributed by atoms with Crippen LogP contribution in [0, 0.1) is 0 Å². The van der Waals surface area contributed by atoms with Crippen LogP contribution in [0.25, 0.3) is 0 Å². The number of aliphatic hydroxyl groups is 1. The van der Waals surface area contributed by atoms with E-state index >= 15 is 0 Å². The van der Waals surface area contributed by atoms with Crippen LogP contribution in [-0.4, -0.2) is 59.9 Å². The van der Waals surface area contributed by atoms with Crippen molar-refractivity contribution in [3.8, 4) is 0 Å². The van der Waals surface area contributed by atoms with Gasteiger partial charge in [0.1, 0.15) is 19.3 Å². The third-order valence-electron chi connectivity index (χ3n) is 7.35. The van der Waals surface area contributed by atoms with Crippen molar-refractivity contribution in [1.82, 2.24) is 15.2 Å². The third-order valence-corrected chi connectivity index (χ3v) is 15.1. The van der Waals surface area contributed by atoms with Crippen molar-refractivity contribution in [3.63, 3.8) is 0 Å². The van der Waals surface area contributed by atoms with Crippen molar-refractivity contribution in [2.24, 2.45) is 0 Å². The molecule has 2 aliphatic rings. The van der Waals surface area contributed by atoms with Crippen molar-refractivity contribution in [3.05, 3.63) is 11.1 Å². The summed E-state index contributed by atoms with van der Waals surface area (Å²) < 4.78 is 6.59. The summed E-state index contributed by atoms with van der Waals surface area (Å²) in [5, 5.41) is 14.6. The SMILES string of the molecule is CC(C)(C)OC(=O)NC1CC(N2CCC(O)(c3cnc([Si](C)(C)C(C)(C)C)s3)CC2)C1. The molecule has 2 heterocycles. The zero-order valence-electron chi connectivity index (χ0n) is 20.5. The maximum absolute atomic E-state index is 11.9. The van der Waals surface area contributed by atoms with E-state index in [4.69, 9.17) is 9.72 Å². The van der Waals surface area contributed by atoms with E-state index in [9.17, 15) is 9.90 Å². The zero-order chi connectivity index (χ0) is 23.2. The molecule has 2 fully saturated rings. The summed E-state index contributed by atoms with van der Waals surface area (Å²) in [6.07, 6.45) is 4.99. The molecule has 0 aromatic carbocycles. The number of amides is 1. The van der Waals surface area contributed by atoms with Crippen LogP contribution in [0.5, 0.6) is 0 Å². The van der Waals surface area contributed by atoms with E-state index in [1.165, 1.54) is 4.63 Å². The van der Waals surface area contributed by atoms with Gasteiger partial charge in [0.2, 0.25) is 0 Å². The van der Waals surface area contributed by atoms with Crippen molar-refractivity contribution in [1.29, 1.82) is 0 Å². The number of aromatic nitrogens is 1. The van der Waals surface area contributed by atoms with E-state index in [0.717, 1.165) is 43.6 Å². The van der Waals surface area contributed by atoms with Crippen molar-refractivity contribution in [2.75, 3.05) is 13.1 Å². The quantitative estimate of drug-likeness (QED) is 0.649. The second-order valence-electron chi connectivity index (χ2n) is 11.9. The number of nitrogens with zero attached hydrogens (tertiary/aromatic N) is 2. The molecule has 31 heavy (non-hydrogen) atoms. The largest absolute Gasteiger partial charge is 0.444 e. The van der Waals surface area contributed by atoms with Crippen molar-refractivity contribution < 1.29 is 14.6 Å². The van der Waals surface area contributed by atoms with E-state index in [-0.39, 0.29) is 17.2 Å². The van der Waals surface area contributed by atoms with Crippen molar-refractivity contribution in [2.45, 2.75) is 109 Å². The summed E-state index contributed by atoms with van der Waals surface area (Å²) in [6.45, 7) is 19.1. The number of hydrogen-bond acceptors (Lipinski definition) is 6. The van der Waals surface area contributed by atoms with Crippen LogP contribution in [0.2, 0.25) is 18.1 Å². The second-order valence-corrected chi connectivity index (χ2v) is 18.6. The predicted octanol–water partition coefficient (Wildman–Crippen LogP) is 4.20. The van der Waals surface area contributed by atoms with Crippen LogP contribution in [0.1, 0.15) is 72.1 Å². The molecule has 176 valence electrons. The van der Waals surface area contributed by atoms with E-state index < -0.39 is 19.3 Å². The maximum Gasteiger partial charge on any atom is 0.407 e. The molecule has 1 aromatic rings. The van der Waals surface area contributed by atoms with Gasteiger partial charge in [0.25, 0.3) is 0 Å². The normalized spacial score (nSPS) is 25.1. The van der Waals surface area contributed by atoms with E-state index in [2.05, 4.69) is 44.1 Å². The average molecular weight is 468 g/mol. The Morgan fingerprint density at radius 3 is 2.32 bits per heavy atom. The number of likely N-dealkylation sites (tertiary alicyclic amines) is 1. The third kappa shape index (κ3) is 5.52. The lowest BCUT2D eigenvalue weighted by Gasteiger charge is -2.47. The van der Waals surface area contributed by atoms with E-state index in [0.29, 0.717) is 6.04 Å². The molecule has 1 aliphatic heterocycles. The molecule has 0 bridgehead atoms. The van der Waals surface area contributed by atoms with Gasteiger partial charge in [-0.05, 0) is 51.5 Å². The molecule has 0 spiro atoms. The molecule has 2 N–H and O–H groups in total. The Kier molecular flexibility index (Phi) is 6.71. The lowest BCUT2D eigenvalue weighted by Crippen LogP contribution is -2.57. The van der Waals surface area contributed by atoms with Gasteiger partial charge in [-0.2, -0.15) is 0 Å². The topological polar surface area (TPSA) is 74.7 Å². The van der Waals surface area contributed by atoms with Gasteiger partial charge in [-0.25, -0.2) is 4.79 Å². The monoisotopic (exact) mass is 467 g/mol. The highest BCUT2D eigenvalue weighted by Gasteiger charge is 2.44. The van der Waals surface area contributed by atoms with Crippen LogP contribution in [0.4, 0.5) is 4.79 Å². The van der Waals surface area contributed by atoms with Gasteiger partial charge in [0.05, 0.1) is 9.51 Å². The first kappa shape index (κ1) is 24.7. The Morgan fingerprint density at radius 1 is 1.23 bits per heavy atom. The molecule has 1 amide bonds. The number of alkyl carbamates (subject to hydrolysis) is 1. The van der Waals surface area contributed by atoms with Crippen LogP contribution in [0.3, 0.4) is 0 Å². The Balaban J connectivity index is 1.51. The molecule has 8 heteroatoms. The van der Waals surface area contributed by atoms with Gasteiger partial charge in [0, 0.05) is 31.4 Å². The van der Waals surface area contributed by atoms with E-state index in [1.54, 1.807) is 11.3 Å². The Bertz CT molecular complexity index is 783. The van der Waals surface area contributed by atoms with E-state index in [1.807, 2.05) is 27.0 Å². The summed E-state index contributed by atoms with van der Waals surface area (Å²) in [4.78, 5) is 20.2. The summed E-state index contributed by atoms with van der Waals surface area (Å²) in [5.74, 6) is 0. The van der Waals surface area contributed by atoms with Gasteiger partial charge in [0.15, 0.2) is 0 Å². The fourth-order valence-electron chi connectivity index (χ4n) is 4.08. The number of rotatable bonds is 4. The molecular formula is C23H41N3O3SSi. The Labute approximate surface area is 192 Å². The number of hydrogen-bond donors (Lipinski definition) is 2. The predicted molar refractivity (Wildman–Crippen MR) is 130 cm³/mol. The lowest BCUT2D eigenvalue weighted by atomic mass is 9.82. The van der Waals surface area contributed by atoms with Gasteiger partial charge in [-0.15, -0.1) is 11.3 Å². The summed E-state index contributed by atoms with van der Waals surface area (Å²) >= 11 is 1.73. The minimum atomic E-state index is -1.68. The Morgan fingerprint density at radius 2 is 1.81 bits per heavy atom. The molecule has 1 saturated heterocycles. The molecule has 3 rings (SSSR count). The highest BCUT2D eigenvalue weighted by Crippen LogP contribution is 2.40. The van der Waals surface area contributed by atoms with Gasteiger partial charge < -0.3 is 15.2 Å². The molecular weight excluding hydrogens is 426 g/mol. The molecule has 1 aliphatic carbocycles. The smallest absolute Gasteiger partial charge is 0.407 e. The number of nitrogens with one attached hydrogen (secondary N) is 1. The average Bonchev–Trinajstić information content (AvgIpc) is 3.08. The van der Waals surface area contributed by atoms with Crippen LogP contribution in [0.15, 0.2) is 6.20 Å². The first-order chi connectivity index (χ1) is 14.1. The Hall–Kier alpha value is -0.963. The molecule has 0 radical (unpaired) electrons. The molecule has 1 aromatic heterocycles.